The van der Waals surface area contributed by atoms with Gasteiger partial charge in [-0.1, -0.05) is 35.9 Å². The van der Waals surface area contributed by atoms with Crippen molar-refractivity contribution >= 4 is 29.1 Å². The van der Waals surface area contributed by atoms with Crippen LogP contribution in [0, 0.1) is 13.8 Å². The number of aryl methyl sites for hydroxylation is 2. The molecule has 3 rings (SSSR count). The van der Waals surface area contributed by atoms with Crippen LogP contribution in [0.1, 0.15) is 16.7 Å². The van der Waals surface area contributed by atoms with E-state index in [9.17, 15) is 0 Å². The lowest BCUT2D eigenvalue weighted by molar-refractivity contribution is 0.950. The van der Waals surface area contributed by atoms with Crippen LogP contribution < -0.4 is 10.6 Å². The highest BCUT2D eigenvalue weighted by Gasteiger charge is 2.04. The molecule has 6 heteroatoms. The Labute approximate surface area is 152 Å². The molecule has 0 bridgehead atoms. The summed E-state index contributed by atoms with van der Waals surface area (Å²) in [5.41, 5.74) is 4.47. The van der Waals surface area contributed by atoms with Gasteiger partial charge in [0.1, 0.15) is 0 Å². The molecule has 3 aromatic rings. The number of benzene rings is 2. The zero-order chi connectivity index (χ0) is 17.6. The second-order valence-electron chi connectivity index (χ2n) is 5.92. The summed E-state index contributed by atoms with van der Waals surface area (Å²) in [5, 5.41) is 15.3. The Morgan fingerprint density at radius 3 is 2.80 bits per heavy atom. The topological polar surface area (TPSA) is 62.7 Å². The van der Waals surface area contributed by atoms with E-state index in [-0.39, 0.29) is 0 Å². The first-order valence-corrected chi connectivity index (χ1v) is 8.50. The maximum absolute atomic E-state index is 6.00. The van der Waals surface area contributed by atoms with Gasteiger partial charge in [-0.3, -0.25) is 0 Å². The maximum atomic E-state index is 6.00. The molecule has 0 fully saturated rings. The summed E-state index contributed by atoms with van der Waals surface area (Å²) in [6.07, 6.45) is 2.47. The average Bonchev–Trinajstić information content (AvgIpc) is 2.59. The van der Waals surface area contributed by atoms with Crippen molar-refractivity contribution in [3.05, 3.63) is 70.4 Å². The van der Waals surface area contributed by atoms with Crippen molar-refractivity contribution in [2.75, 3.05) is 17.2 Å². The molecule has 5 nitrogen and oxygen atoms in total. The van der Waals surface area contributed by atoms with Crippen molar-refractivity contribution in [3.63, 3.8) is 0 Å². The Morgan fingerprint density at radius 2 is 1.96 bits per heavy atom. The van der Waals surface area contributed by atoms with E-state index >= 15 is 0 Å². The summed E-state index contributed by atoms with van der Waals surface area (Å²) in [5.74, 6) is 1.16. The second kappa shape index (κ2) is 7.94. The lowest BCUT2D eigenvalue weighted by Gasteiger charge is -2.10. The van der Waals surface area contributed by atoms with Gasteiger partial charge in [0.25, 0.3) is 0 Å². The van der Waals surface area contributed by atoms with Crippen LogP contribution >= 0.6 is 11.6 Å². The van der Waals surface area contributed by atoms with Gasteiger partial charge in [0, 0.05) is 17.3 Å². The molecule has 0 amide bonds. The van der Waals surface area contributed by atoms with Crippen LogP contribution in [0.5, 0.6) is 0 Å². The monoisotopic (exact) mass is 353 g/mol. The first-order valence-electron chi connectivity index (χ1n) is 8.12. The van der Waals surface area contributed by atoms with Crippen molar-refractivity contribution in [2.24, 2.45) is 0 Å². The fourth-order valence-corrected chi connectivity index (χ4v) is 2.67. The Balaban J connectivity index is 1.62. The van der Waals surface area contributed by atoms with Crippen LogP contribution in [-0.4, -0.2) is 21.7 Å². The second-order valence-corrected chi connectivity index (χ2v) is 6.35. The molecule has 2 N–H and O–H groups in total. The Kier molecular flexibility index (Phi) is 5.46. The van der Waals surface area contributed by atoms with Gasteiger partial charge in [-0.25, -0.2) is 0 Å². The van der Waals surface area contributed by atoms with Gasteiger partial charge in [-0.05, 0) is 55.2 Å². The summed E-state index contributed by atoms with van der Waals surface area (Å²) < 4.78 is 0. The summed E-state index contributed by atoms with van der Waals surface area (Å²) in [6, 6.07) is 14.1. The molecule has 0 atom stereocenters. The fraction of sp³-hybridized carbons (Fsp3) is 0.211. The van der Waals surface area contributed by atoms with E-state index < -0.39 is 0 Å². The van der Waals surface area contributed by atoms with E-state index in [0.717, 1.165) is 29.2 Å². The van der Waals surface area contributed by atoms with E-state index in [0.29, 0.717) is 11.8 Å². The van der Waals surface area contributed by atoms with E-state index in [1.54, 1.807) is 6.20 Å². The van der Waals surface area contributed by atoms with Crippen LogP contribution in [0.2, 0.25) is 5.02 Å². The van der Waals surface area contributed by atoms with E-state index in [4.69, 9.17) is 11.6 Å². The van der Waals surface area contributed by atoms with E-state index in [1.807, 2.05) is 25.1 Å². The summed E-state index contributed by atoms with van der Waals surface area (Å²) >= 11 is 6.00. The third-order valence-corrected chi connectivity index (χ3v) is 4.04. The highest BCUT2D eigenvalue weighted by atomic mass is 35.5. The van der Waals surface area contributed by atoms with E-state index in [1.165, 1.54) is 11.1 Å². The number of hydrogen-bond acceptors (Lipinski definition) is 5. The zero-order valence-corrected chi connectivity index (χ0v) is 15.0. The SMILES string of the molecule is Cc1ccc(C)c(Nc2nncc(NCCc3cccc(Cl)c3)n2)c1. The summed E-state index contributed by atoms with van der Waals surface area (Å²) in [6.45, 7) is 4.84. The Hall–Kier alpha value is -2.66. The molecule has 25 heavy (non-hydrogen) atoms. The number of nitrogens with one attached hydrogen (secondary N) is 2. The number of nitrogens with zero attached hydrogens (tertiary/aromatic N) is 3. The number of aromatic nitrogens is 3. The third-order valence-electron chi connectivity index (χ3n) is 3.81. The molecule has 0 aliphatic rings. The molecule has 1 aromatic heterocycles. The quantitative estimate of drug-likeness (QED) is 0.681. The molecule has 0 spiro atoms. The zero-order valence-electron chi connectivity index (χ0n) is 14.3. The molecule has 2 aromatic carbocycles. The van der Waals surface area contributed by atoms with Crippen molar-refractivity contribution in [1.29, 1.82) is 0 Å². The molecule has 1 heterocycles. The largest absolute Gasteiger partial charge is 0.368 e. The van der Waals surface area contributed by atoms with Gasteiger partial charge >= 0.3 is 0 Å². The van der Waals surface area contributed by atoms with Crippen LogP contribution in [0.4, 0.5) is 17.5 Å². The highest BCUT2D eigenvalue weighted by molar-refractivity contribution is 6.30. The molecule has 0 saturated carbocycles. The lowest BCUT2D eigenvalue weighted by atomic mass is 10.1. The molecule has 0 saturated heterocycles. The molecule has 0 aliphatic heterocycles. The molecule has 0 radical (unpaired) electrons. The van der Waals surface area contributed by atoms with Gasteiger partial charge in [0.05, 0.1) is 6.20 Å². The van der Waals surface area contributed by atoms with Crippen molar-refractivity contribution < 1.29 is 0 Å². The number of rotatable bonds is 6. The molecule has 128 valence electrons. The summed E-state index contributed by atoms with van der Waals surface area (Å²) in [4.78, 5) is 4.47. The minimum absolute atomic E-state index is 0.474. The molecular weight excluding hydrogens is 334 g/mol. The average molecular weight is 354 g/mol. The van der Waals surface area contributed by atoms with Gasteiger partial charge in [-0.15, -0.1) is 5.10 Å². The number of hydrogen-bond donors (Lipinski definition) is 2. The van der Waals surface area contributed by atoms with Crippen molar-refractivity contribution in [3.8, 4) is 0 Å². The van der Waals surface area contributed by atoms with E-state index in [2.05, 4.69) is 57.0 Å². The number of halogens is 1. The predicted octanol–water partition coefficient (Wildman–Crippen LogP) is 4.54. The van der Waals surface area contributed by atoms with Gasteiger partial charge < -0.3 is 10.6 Å². The smallest absolute Gasteiger partial charge is 0.249 e. The van der Waals surface area contributed by atoms with Crippen LogP contribution in [0.15, 0.2) is 48.7 Å². The van der Waals surface area contributed by atoms with Crippen LogP contribution in [0.3, 0.4) is 0 Å². The van der Waals surface area contributed by atoms with Crippen molar-refractivity contribution in [1.82, 2.24) is 15.2 Å². The highest BCUT2D eigenvalue weighted by Crippen LogP contribution is 2.20. The first-order chi connectivity index (χ1) is 12.1. The normalized spacial score (nSPS) is 10.5. The maximum Gasteiger partial charge on any atom is 0.249 e. The predicted molar refractivity (Wildman–Crippen MR) is 103 cm³/mol. The number of anilines is 3. The van der Waals surface area contributed by atoms with Crippen LogP contribution in [-0.2, 0) is 6.42 Å². The van der Waals surface area contributed by atoms with Gasteiger partial charge in [0.2, 0.25) is 5.95 Å². The van der Waals surface area contributed by atoms with Crippen molar-refractivity contribution in [2.45, 2.75) is 20.3 Å². The fourth-order valence-electron chi connectivity index (χ4n) is 2.46. The van der Waals surface area contributed by atoms with Gasteiger partial charge in [0.15, 0.2) is 5.82 Å². The third kappa shape index (κ3) is 4.90. The molecular formula is C19H20ClN5. The van der Waals surface area contributed by atoms with Gasteiger partial charge in [-0.2, -0.15) is 10.1 Å². The Bertz CT molecular complexity index is 866. The van der Waals surface area contributed by atoms with Crippen LogP contribution in [0.25, 0.3) is 0 Å². The Morgan fingerprint density at radius 1 is 1.08 bits per heavy atom. The lowest BCUT2D eigenvalue weighted by Crippen LogP contribution is -2.09. The summed E-state index contributed by atoms with van der Waals surface area (Å²) in [7, 11) is 0. The standard InChI is InChI=1S/C19H20ClN5/c1-13-6-7-14(2)17(10-13)23-19-24-18(12-22-25-19)21-9-8-15-4-3-5-16(20)11-15/h3-7,10-12H,8-9H2,1-2H3,(H2,21,23,24,25). The molecule has 0 aliphatic carbocycles. The molecule has 0 unspecified atom stereocenters. The minimum Gasteiger partial charge on any atom is -0.368 e. The minimum atomic E-state index is 0.474. The first kappa shape index (κ1) is 17.2.